The van der Waals surface area contributed by atoms with Gasteiger partial charge in [0.1, 0.15) is 0 Å². The van der Waals surface area contributed by atoms with Gasteiger partial charge in [0.15, 0.2) is 0 Å². The number of nitrogens with zero attached hydrogens (tertiary/aromatic N) is 1. The number of aliphatic hydroxyl groups is 2. The minimum atomic E-state index is -3.12. The van der Waals surface area contributed by atoms with Crippen molar-refractivity contribution in [3.8, 4) is 0 Å². The summed E-state index contributed by atoms with van der Waals surface area (Å²) >= 11 is 0. The van der Waals surface area contributed by atoms with Crippen molar-refractivity contribution in [2.45, 2.75) is 39.5 Å². The molecular formula is C12H28NO5P. The number of rotatable bonds is 13. The molecule has 0 aliphatic carbocycles. The molecule has 0 spiro atoms. The van der Waals surface area contributed by atoms with Crippen LogP contribution in [0, 0.1) is 0 Å². The predicted octanol–water partition coefficient (Wildman–Crippen LogP) is 2.01. The fourth-order valence-corrected chi connectivity index (χ4v) is 2.99. The van der Waals surface area contributed by atoms with Crippen LogP contribution < -0.4 is 0 Å². The highest BCUT2D eigenvalue weighted by atomic mass is 31.2. The van der Waals surface area contributed by atoms with Crippen LogP contribution in [0.2, 0.25) is 0 Å². The number of hydrogen-bond acceptors (Lipinski definition) is 6. The second-order valence-corrected chi connectivity index (χ2v) is 6.57. The van der Waals surface area contributed by atoms with Crippen LogP contribution in [0.4, 0.5) is 0 Å². The second-order valence-electron chi connectivity index (χ2n) is 4.39. The standard InChI is InChI=1S/C12H28NO5P/c1-3-5-8-17-19(16,18-9-6-4-2)10-7-13(11-14)12-15/h14-15H,3-12H2,1-2H3. The summed E-state index contributed by atoms with van der Waals surface area (Å²) in [6.07, 6.45) is 3.79. The first-order valence-corrected chi connectivity index (χ1v) is 8.66. The lowest BCUT2D eigenvalue weighted by atomic mass is 10.4. The lowest BCUT2D eigenvalue weighted by Gasteiger charge is -2.22. The third-order valence-electron chi connectivity index (χ3n) is 2.66. The van der Waals surface area contributed by atoms with E-state index in [9.17, 15) is 4.57 Å². The summed E-state index contributed by atoms with van der Waals surface area (Å²) in [7, 11) is -3.12. The summed E-state index contributed by atoms with van der Waals surface area (Å²) < 4.78 is 23.3. The van der Waals surface area contributed by atoms with Crippen LogP contribution in [0.25, 0.3) is 0 Å². The molecule has 0 saturated carbocycles. The van der Waals surface area contributed by atoms with E-state index in [1.54, 1.807) is 0 Å². The average Bonchev–Trinajstić information content (AvgIpc) is 2.41. The Bertz CT molecular complexity index is 234. The minimum absolute atomic E-state index is 0.182. The van der Waals surface area contributed by atoms with Gasteiger partial charge in [-0.2, -0.15) is 0 Å². The fourth-order valence-electron chi connectivity index (χ4n) is 1.31. The average molecular weight is 297 g/mol. The van der Waals surface area contributed by atoms with E-state index >= 15 is 0 Å². The van der Waals surface area contributed by atoms with E-state index in [1.165, 1.54) is 4.90 Å². The maximum Gasteiger partial charge on any atom is 0.331 e. The van der Waals surface area contributed by atoms with E-state index in [-0.39, 0.29) is 26.2 Å². The minimum Gasteiger partial charge on any atom is -0.381 e. The Balaban J connectivity index is 4.25. The zero-order valence-electron chi connectivity index (χ0n) is 12.1. The summed E-state index contributed by atoms with van der Waals surface area (Å²) in [5.41, 5.74) is 0. The molecule has 0 amide bonds. The Hall–Kier alpha value is 0.0300. The molecule has 0 aliphatic heterocycles. The van der Waals surface area contributed by atoms with Crippen molar-refractivity contribution >= 4 is 7.60 Å². The van der Waals surface area contributed by atoms with Crippen LogP contribution in [0.15, 0.2) is 0 Å². The van der Waals surface area contributed by atoms with Crippen LogP contribution in [-0.4, -0.2) is 54.5 Å². The van der Waals surface area contributed by atoms with Crippen molar-refractivity contribution in [3.05, 3.63) is 0 Å². The molecule has 0 bridgehead atoms. The smallest absolute Gasteiger partial charge is 0.331 e. The SMILES string of the molecule is CCCCOP(=O)(CCN(CO)CO)OCCCC. The first-order chi connectivity index (χ1) is 9.11. The lowest BCUT2D eigenvalue weighted by molar-refractivity contribution is 0.0332. The van der Waals surface area contributed by atoms with Gasteiger partial charge in [-0.25, -0.2) is 0 Å². The molecule has 116 valence electrons. The van der Waals surface area contributed by atoms with Crippen LogP contribution >= 0.6 is 7.60 Å². The molecule has 19 heavy (non-hydrogen) atoms. The van der Waals surface area contributed by atoms with Crippen LogP contribution in [0.3, 0.4) is 0 Å². The van der Waals surface area contributed by atoms with E-state index < -0.39 is 7.60 Å². The molecule has 0 aromatic heterocycles. The molecule has 0 fully saturated rings. The van der Waals surface area contributed by atoms with Gasteiger partial charge >= 0.3 is 7.60 Å². The van der Waals surface area contributed by atoms with Crippen molar-refractivity contribution in [1.82, 2.24) is 4.90 Å². The Morgan fingerprint density at radius 3 is 1.84 bits per heavy atom. The van der Waals surface area contributed by atoms with Crippen molar-refractivity contribution in [3.63, 3.8) is 0 Å². The van der Waals surface area contributed by atoms with Crippen LogP contribution in [-0.2, 0) is 13.6 Å². The van der Waals surface area contributed by atoms with E-state index in [4.69, 9.17) is 19.3 Å². The van der Waals surface area contributed by atoms with Crippen molar-refractivity contribution in [2.75, 3.05) is 39.4 Å². The lowest BCUT2D eigenvalue weighted by Crippen LogP contribution is -2.29. The van der Waals surface area contributed by atoms with Crippen molar-refractivity contribution in [1.29, 1.82) is 0 Å². The Kier molecular flexibility index (Phi) is 11.8. The quantitative estimate of drug-likeness (QED) is 0.307. The van der Waals surface area contributed by atoms with Gasteiger partial charge in [0.05, 0.1) is 32.8 Å². The maximum absolute atomic E-state index is 12.5. The molecule has 0 radical (unpaired) electrons. The Morgan fingerprint density at radius 2 is 1.47 bits per heavy atom. The molecule has 0 aromatic rings. The van der Waals surface area contributed by atoms with Gasteiger partial charge in [0.2, 0.25) is 0 Å². The molecule has 0 aromatic carbocycles. The van der Waals surface area contributed by atoms with Gasteiger partial charge in [-0.15, -0.1) is 0 Å². The topological polar surface area (TPSA) is 79.2 Å². The van der Waals surface area contributed by atoms with Crippen LogP contribution in [0.1, 0.15) is 39.5 Å². The van der Waals surface area contributed by atoms with Crippen molar-refractivity contribution < 1.29 is 23.8 Å². The molecule has 0 unspecified atom stereocenters. The molecule has 6 nitrogen and oxygen atoms in total. The molecule has 0 atom stereocenters. The normalized spacial score (nSPS) is 12.3. The molecule has 2 N–H and O–H groups in total. The van der Waals surface area contributed by atoms with Gasteiger partial charge < -0.3 is 19.3 Å². The molecular weight excluding hydrogens is 269 g/mol. The van der Waals surface area contributed by atoms with Gasteiger partial charge in [-0.05, 0) is 12.8 Å². The summed E-state index contributed by atoms with van der Waals surface area (Å²) in [5.74, 6) is 0. The van der Waals surface area contributed by atoms with Gasteiger partial charge in [0, 0.05) is 6.54 Å². The van der Waals surface area contributed by atoms with E-state index in [1.807, 2.05) is 13.8 Å². The largest absolute Gasteiger partial charge is 0.381 e. The van der Waals surface area contributed by atoms with E-state index in [2.05, 4.69) is 0 Å². The third kappa shape index (κ3) is 9.55. The predicted molar refractivity (Wildman–Crippen MR) is 75.1 cm³/mol. The third-order valence-corrected chi connectivity index (χ3v) is 4.56. The monoisotopic (exact) mass is 297 g/mol. The highest BCUT2D eigenvalue weighted by molar-refractivity contribution is 7.53. The molecule has 0 rings (SSSR count). The number of aliphatic hydroxyl groups excluding tert-OH is 2. The Morgan fingerprint density at radius 1 is 1.00 bits per heavy atom. The van der Waals surface area contributed by atoms with E-state index in [0.29, 0.717) is 13.2 Å². The highest BCUT2D eigenvalue weighted by Crippen LogP contribution is 2.48. The Labute approximate surface area is 116 Å². The molecule has 0 saturated heterocycles. The molecule has 7 heteroatoms. The summed E-state index contributed by atoms with van der Waals surface area (Å²) in [5, 5.41) is 17.9. The van der Waals surface area contributed by atoms with Gasteiger partial charge in [-0.1, -0.05) is 26.7 Å². The number of unbranched alkanes of at least 4 members (excludes halogenated alkanes) is 2. The summed E-state index contributed by atoms with van der Waals surface area (Å²) in [6, 6.07) is 0. The van der Waals surface area contributed by atoms with Gasteiger partial charge in [0.25, 0.3) is 0 Å². The van der Waals surface area contributed by atoms with Crippen molar-refractivity contribution in [2.24, 2.45) is 0 Å². The maximum atomic E-state index is 12.5. The first-order valence-electron chi connectivity index (χ1n) is 6.94. The van der Waals surface area contributed by atoms with Gasteiger partial charge in [-0.3, -0.25) is 9.46 Å². The van der Waals surface area contributed by atoms with Crippen LogP contribution in [0.5, 0.6) is 0 Å². The summed E-state index contributed by atoms with van der Waals surface area (Å²) in [6.45, 7) is 4.62. The summed E-state index contributed by atoms with van der Waals surface area (Å²) in [4.78, 5) is 1.36. The zero-order valence-corrected chi connectivity index (χ0v) is 13.0. The highest BCUT2D eigenvalue weighted by Gasteiger charge is 2.25. The molecule has 0 heterocycles. The molecule has 0 aliphatic rings. The zero-order chi connectivity index (χ0) is 14.6. The first kappa shape index (κ1) is 19.0. The van der Waals surface area contributed by atoms with E-state index in [0.717, 1.165) is 25.7 Å². The number of hydrogen-bond donors (Lipinski definition) is 2. The second kappa shape index (κ2) is 11.8. The fraction of sp³-hybridized carbons (Fsp3) is 1.00.